The number of carbonyl (C=O) groups is 1. The Morgan fingerprint density at radius 2 is 1.96 bits per heavy atom. The lowest BCUT2D eigenvalue weighted by Crippen LogP contribution is -2.36. The maximum atomic E-state index is 12.8. The predicted molar refractivity (Wildman–Crippen MR) is 95.5 cm³/mol. The zero-order valence-corrected chi connectivity index (χ0v) is 14.5. The lowest BCUT2D eigenvalue weighted by atomic mass is 10.0. The fraction of sp³-hybridized carbons (Fsp3) is 0.211. The third kappa shape index (κ3) is 2.38. The topological polar surface area (TPSA) is 25.2 Å². The van der Waals surface area contributed by atoms with E-state index in [2.05, 4.69) is 51.8 Å². The van der Waals surface area contributed by atoms with Crippen molar-refractivity contribution in [3.8, 4) is 0 Å². The Bertz CT molecular complexity index is 913. The van der Waals surface area contributed by atoms with Crippen molar-refractivity contribution in [2.45, 2.75) is 13.0 Å². The van der Waals surface area contributed by atoms with E-state index in [1.807, 2.05) is 29.2 Å². The lowest BCUT2D eigenvalue weighted by molar-refractivity contribution is 0.0731. The Hall–Kier alpha value is -2.07. The van der Waals surface area contributed by atoms with Gasteiger partial charge in [-0.05, 0) is 36.2 Å². The standard InChI is InChI=1S/C19H17BrN2O/c1-21-17-8-3-2-7-15(17)16-9-10-22(12-18(16)21)19(23)13-5-4-6-14(20)11-13/h2-8,11H,9-10,12H2,1H3. The molecular formula is C19H17BrN2O. The summed E-state index contributed by atoms with van der Waals surface area (Å²) in [5.74, 6) is 0.0993. The van der Waals surface area contributed by atoms with Crippen LogP contribution in [0.1, 0.15) is 21.6 Å². The first-order valence-electron chi connectivity index (χ1n) is 7.75. The van der Waals surface area contributed by atoms with Crippen LogP contribution < -0.4 is 0 Å². The highest BCUT2D eigenvalue weighted by Gasteiger charge is 2.26. The molecule has 0 N–H and O–H groups in total. The molecule has 0 atom stereocenters. The molecule has 0 unspecified atom stereocenters. The van der Waals surface area contributed by atoms with Crippen LogP contribution in [0, 0.1) is 0 Å². The van der Waals surface area contributed by atoms with Crippen molar-refractivity contribution in [2.75, 3.05) is 6.54 Å². The number of benzene rings is 2. The summed E-state index contributed by atoms with van der Waals surface area (Å²) in [6.07, 6.45) is 0.913. The fourth-order valence-electron chi connectivity index (χ4n) is 3.49. The van der Waals surface area contributed by atoms with Crippen molar-refractivity contribution in [2.24, 2.45) is 7.05 Å². The number of fused-ring (bicyclic) bond motifs is 3. The molecule has 0 spiro atoms. The minimum Gasteiger partial charge on any atom is -0.346 e. The van der Waals surface area contributed by atoms with Crippen LogP contribution in [0.15, 0.2) is 53.0 Å². The van der Waals surface area contributed by atoms with Crippen LogP contribution in [0.25, 0.3) is 10.9 Å². The summed E-state index contributed by atoms with van der Waals surface area (Å²) in [6.45, 7) is 1.44. The second kappa shape index (κ2) is 5.53. The largest absolute Gasteiger partial charge is 0.346 e. The molecule has 3 nitrogen and oxygen atoms in total. The highest BCUT2D eigenvalue weighted by Crippen LogP contribution is 2.30. The van der Waals surface area contributed by atoms with Gasteiger partial charge in [0, 0.05) is 40.2 Å². The molecule has 4 rings (SSSR count). The zero-order valence-electron chi connectivity index (χ0n) is 12.9. The van der Waals surface area contributed by atoms with Gasteiger partial charge in [0.25, 0.3) is 5.91 Å². The van der Waals surface area contributed by atoms with Crippen molar-refractivity contribution in [3.63, 3.8) is 0 Å². The predicted octanol–water partition coefficient (Wildman–Crippen LogP) is 4.14. The summed E-state index contributed by atoms with van der Waals surface area (Å²) in [5, 5.41) is 1.32. The van der Waals surface area contributed by atoms with E-state index in [9.17, 15) is 4.79 Å². The van der Waals surface area contributed by atoms with Gasteiger partial charge >= 0.3 is 0 Å². The van der Waals surface area contributed by atoms with Gasteiger partial charge in [-0.1, -0.05) is 40.2 Å². The first kappa shape index (κ1) is 14.5. The van der Waals surface area contributed by atoms with E-state index in [1.54, 1.807) is 0 Å². The van der Waals surface area contributed by atoms with Crippen molar-refractivity contribution in [3.05, 3.63) is 69.8 Å². The Kier molecular flexibility index (Phi) is 3.49. The van der Waals surface area contributed by atoms with Crippen molar-refractivity contribution >= 4 is 32.7 Å². The number of rotatable bonds is 1. The summed E-state index contributed by atoms with van der Waals surface area (Å²) in [5.41, 5.74) is 4.62. The fourth-order valence-corrected chi connectivity index (χ4v) is 3.89. The molecule has 23 heavy (non-hydrogen) atoms. The van der Waals surface area contributed by atoms with E-state index in [1.165, 1.54) is 22.2 Å². The number of hydrogen-bond acceptors (Lipinski definition) is 1. The van der Waals surface area contributed by atoms with Gasteiger partial charge in [0.15, 0.2) is 0 Å². The maximum absolute atomic E-state index is 12.8. The average molecular weight is 369 g/mol. The summed E-state index contributed by atoms with van der Waals surface area (Å²) in [6, 6.07) is 16.1. The third-order valence-electron chi connectivity index (χ3n) is 4.67. The number of nitrogens with zero attached hydrogens (tertiary/aromatic N) is 2. The number of hydrogen-bond donors (Lipinski definition) is 0. The van der Waals surface area contributed by atoms with Crippen LogP contribution in [0.2, 0.25) is 0 Å². The maximum Gasteiger partial charge on any atom is 0.254 e. The van der Waals surface area contributed by atoms with E-state index < -0.39 is 0 Å². The highest BCUT2D eigenvalue weighted by atomic mass is 79.9. The van der Waals surface area contributed by atoms with Crippen molar-refractivity contribution in [1.82, 2.24) is 9.47 Å². The molecule has 0 fully saturated rings. The third-order valence-corrected chi connectivity index (χ3v) is 5.17. The van der Waals surface area contributed by atoms with Crippen LogP contribution in [0.3, 0.4) is 0 Å². The molecular weight excluding hydrogens is 352 g/mol. The first-order valence-corrected chi connectivity index (χ1v) is 8.54. The van der Waals surface area contributed by atoms with E-state index in [-0.39, 0.29) is 5.91 Å². The Labute approximate surface area is 143 Å². The van der Waals surface area contributed by atoms with Crippen LogP contribution in [-0.2, 0) is 20.0 Å². The molecule has 0 aliphatic carbocycles. The molecule has 1 aromatic heterocycles. The monoisotopic (exact) mass is 368 g/mol. The minimum atomic E-state index is 0.0993. The number of para-hydroxylation sites is 1. The number of aromatic nitrogens is 1. The van der Waals surface area contributed by atoms with E-state index in [0.717, 1.165) is 23.0 Å². The molecule has 3 aromatic rings. The molecule has 0 bridgehead atoms. The molecule has 1 aliphatic heterocycles. The van der Waals surface area contributed by atoms with Gasteiger partial charge in [-0.3, -0.25) is 4.79 Å². The molecule has 0 saturated carbocycles. The van der Waals surface area contributed by atoms with Gasteiger partial charge in [0.2, 0.25) is 0 Å². The van der Waals surface area contributed by atoms with E-state index in [4.69, 9.17) is 0 Å². The number of amides is 1. The molecule has 1 amide bonds. The van der Waals surface area contributed by atoms with Crippen LogP contribution in [0.5, 0.6) is 0 Å². The van der Waals surface area contributed by atoms with Crippen LogP contribution in [-0.4, -0.2) is 21.9 Å². The highest BCUT2D eigenvalue weighted by molar-refractivity contribution is 9.10. The summed E-state index contributed by atoms with van der Waals surface area (Å²) < 4.78 is 3.16. The van der Waals surface area contributed by atoms with Crippen LogP contribution >= 0.6 is 15.9 Å². The first-order chi connectivity index (χ1) is 11.1. The van der Waals surface area contributed by atoms with Crippen LogP contribution in [0.4, 0.5) is 0 Å². The zero-order chi connectivity index (χ0) is 16.0. The molecule has 2 aromatic carbocycles. The smallest absolute Gasteiger partial charge is 0.254 e. The Balaban J connectivity index is 1.70. The van der Waals surface area contributed by atoms with Crippen molar-refractivity contribution in [1.29, 1.82) is 0 Å². The molecule has 4 heteroatoms. The average Bonchev–Trinajstić information content (AvgIpc) is 2.87. The molecule has 116 valence electrons. The second-order valence-corrected chi connectivity index (χ2v) is 6.90. The minimum absolute atomic E-state index is 0.0993. The normalized spacial score (nSPS) is 14.1. The second-order valence-electron chi connectivity index (χ2n) is 5.99. The summed E-state index contributed by atoms with van der Waals surface area (Å²) in [4.78, 5) is 14.7. The number of aryl methyl sites for hydroxylation is 1. The summed E-state index contributed by atoms with van der Waals surface area (Å²) >= 11 is 3.44. The van der Waals surface area contributed by atoms with E-state index in [0.29, 0.717) is 6.54 Å². The van der Waals surface area contributed by atoms with Gasteiger partial charge in [0.05, 0.1) is 6.54 Å². The number of carbonyl (C=O) groups excluding carboxylic acids is 1. The van der Waals surface area contributed by atoms with Gasteiger partial charge in [0.1, 0.15) is 0 Å². The van der Waals surface area contributed by atoms with Crippen molar-refractivity contribution < 1.29 is 4.79 Å². The SMILES string of the molecule is Cn1c2c(c3ccccc31)CCN(C(=O)c1cccc(Br)c1)C2. The molecule has 0 radical (unpaired) electrons. The Morgan fingerprint density at radius 1 is 1.13 bits per heavy atom. The van der Waals surface area contributed by atoms with E-state index >= 15 is 0 Å². The Morgan fingerprint density at radius 3 is 2.78 bits per heavy atom. The number of halogens is 1. The quantitative estimate of drug-likeness (QED) is 0.633. The molecule has 1 aliphatic rings. The van der Waals surface area contributed by atoms with Gasteiger partial charge < -0.3 is 9.47 Å². The molecule has 0 saturated heterocycles. The molecule has 2 heterocycles. The van der Waals surface area contributed by atoms with Gasteiger partial charge in [-0.2, -0.15) is 0 Å². The van der Waals surface area contributed by atoms with Gasteiger partial charge in [-0.15, -0.1) is 0 Å². The van der Waals surface area contributed by atoms with Gasteiger partial charge in [-0.25, -0.2) is 0 Å². The lowest BCUT2D eigenvalue weighted by Gasteiger charge is -2.28. The summed E-state index contributed by atoms with van der Waals surface area (Å²) in [7, 11) is 2.09.